The molecule has 1 aromatic heterocycles. The lowest BCUT2D eigenvalue weighted by Crippen LogP contribution is -2.13. The molecule has 0 fully saturated rings. The van der Waals surface area contributed by atoms with Gasteiger partial charge < -0.3 is 4.42 Å². The largest absolute Gasteiger partial charge is 0.420 e. The third kappa shape index (κ3) is 2.60. The first-order chi connectivity index (χ1) is 8.76. The number of aliphatic imine (C=N–C) groups is 1. The first-order valence-electron chi connectivity index (χ1n) is 4.98. The van der Waals surface area contributed by atoms with E-state index >= 15 is 0 Å². The fourth-order valence-corrected chi connectivity index (χ4v) is 2.78. The van der Waals surface area contributed by atoms with E-state index in [9.17, 15) is 4.79 Å². The summed E-state index contributed by atoms with van der Waals surface area (Å²) in [5, 5.41) is 8.50. The Morgan fingerprint density at radius 1 is 1.56 bits per heavy atom. The van der Waals surface area contributed by atoms with E-state index < -0.39 is 5.76 Å². The molecule has 0 aliphatic heterocycles. The van der Waals surface area contributed by atoms with Crippen molar-refractivity contribution in [1.29, 1.82) is 5.26 Å². The van der Waals surface area contributed by atoms with Gasteiger partial charge in [0.1, 0.15) is 4.38 Å². The Bertz CT molecular complexity index is 681. The van der Waals surface area contributed by atoms with Gasteiger partial charge in [-0.15, -0.1) is 11.8 Å². The van der Waals surface area contributed by atoms with E-state index in [2.05, 4.69) is 4.99 Å². The summed E-state index contributed by atoms with van der Waals surface area (Å²) in [4.78, 5) is 15.3. The molecule has 92 valence electrons. The Labute approximate surface area is 111 Å². The van der Waals surface area contributed by atoms with Crippen molar-refractivity contribution in [3.8, 4) is 6.19 Å². The lowest BCUT2D eigenvalue weighted by Gasteiger charge is -2.01. The molecule has 0 atom stereocenters. The zero-order valence-corrected chi connectivity index (χ0v) is 11.1. The minimum absolute atomic E-state index is 0.372. The zero-order chi connectivity index (χ0) is 13.0. The van der Waals surface area contributed by atoms with Crippen molar-refractivity contribution in [2.75, 3.05) is 6.26 Å². The van der Waals surface area contributed by atoms with E-state index in [1.165, 1.54) is 28.1 Å². The van der Waals surface area contributed by atoms with E-state index in [1.54, 1.807) is 12.3 Å². The molecule has 0 unspecified atom stereocenters. The number of oxazole rings is 1. The van der Waals surface area contributed by atoms with Crippen LogP contribution in [-0.2, 0) is 5.88 Å². The molecule has 0 radical (unpaired) electrons. The van der Waals surface area contributed by atoms with Gasteiger partial charge in [-0.3, -0.25) is 4.57 Å². The lowest BCUT2D eigenvalue weighted by atomic mass is 10.3. The normalized spacial score (nSPS) is 11.7. The molecule has 5 nitrogen and oxygen atoms in total. The highest BCUT2D eigenvalue weighted by atomic mass is 32.2. The number of hydrogen-bond donors (Lipinski definition) is 0. The van der Waals surface area contributed by atoms with E-state index in [4.69, 9.17) is 9.68 Å². The molecule has 2 aromatic rings. The molecule has 0 saturated heterocycles. The molecule has 0 aliphatic carbocycles. The van der Waals surface area contributed by atoms with Crippen LogP contribution in [0.15, 0.2) is 38.5 Å². The molecule has 0 bridgehead atoms. The van der Waals surface area contributed by atoms with E-state index in [0.717, 1.165) is 5.52 Å². The maximum absolute atomic E-state index is 11.7. The number of benzene rings is 1. The summed E-state index contributed by atoms with van der Waals surface area (Å²) in [6.45, 7) is 0. The Morgan fingerprint density at radius 3 is 3.06 bits per heavy atom. The van der Waals surface area contributed by atoms with Crippen LogP contribution >= 0.6 is 23.5 Å². The van der Waals surface area contributed by atoms with Crippen LogP contribution in [0.2, 0.25) is 0 Å². The van der Waals surface area contributed by atoms with Crippen LogP contribution in [0.3, 0.4) is 0 Å². The molecule has 18 heavy (non-hydrogen) atoms. The van der Waals surface area contributed by atoms with Gasteiger partial charge in [-0.05, 0) is 18.4 Å². The van der Waals surface area contributed by atoms with Crippen LogP contribution in [0.4, 0.5) is 0 Å². The summed E-state index contributed by atoms with van der Waals surface area (Å²) in [5.74, 6) is -0.0295. The minimum atomic E-state index is -0.402. The number of aromatic nitrogens is 1. The number of fused-ring (bicyclic) bond motifs is 1. The van der Waals surface area contributed by atoms with Crippen LogP contribution in [0.25, 0.3) is 11.1 Å². The molecule has 1 heterocycles. The number of hydrogen-bond acceptors (Lipinski definition) is 6. The molecule has 7 heteroatoms. The summed E-state index contributed by atoms with van der Waals surface area (Å²) in [6, 6.07) is 7.22. The Morgan fingerprint density at radius 2 is 2.33 bits per heavy atom. The van der Waals surface area contributed by atoms with Gasteiger partial charge in [0.05, 0.1) is 11.4 Å². The van der Waals surface area contributed by atoms with Gasteiger partial charge >= 0.3 is 5.76 Å². The summed E-state index contributed by atoms with van der Waals surface area (Å²) in [6.07, 6.45) is 3.57. The first-order valence-corrected chi connectivity index (χ1v) is 7.19. The van der Waals surface area contributed by atoms with Crippen molar-refractivity contribution < 1.29 is 4.42 Å². The molecule has 0 N–H and O–H groups in total. The molecule has 1 aromatic carbocycles. The average molecular weight is 279 g/mol. The van der Waals surface area contributed by atoms with Gasteiger partial charge in [0.25, 0.3) is 0 Å². The Hall–Kier alpha value is -1.65. The van der Waals surface area contributed by atoms with Crippen molar-refractivity contribution in [3.63, 3.8) is 0 Å². The van der Waals surface area contributed by atoms with E-state index in [1.807, 2.05) is 24.5 Å². The standard InChI is InChI=1S/C11H9N3O2S2/c1-17-10(13-6-12)18-7-14-8-4-2-3-5-9(8)16-11(14)15/h2-5H,7H2,1H3. The fraction of sp³-hybridized carbons (Fsp3) is 0.182. The average Bonchev–Trinajstić information content (AvgIpc) is 2.70. The summed E-state index contributed by atoms with van der Waals surface area (Å²) < 4.78 is 7.24. The molecule has 0 aliphatic rings. The Balaban J connectivity index is 2.28. The molecule has 0 saturated carbocycles. The van der Waals surface area contributed by atoms with Crippen molar-refractivity contribution in [2.24, 2.45) is 4.99 Å². The van der Waals surface area contributed by atoms with Crippen LogP contribution < -0.4 is 5.76 Å². The van der Waals surface area contributed by atoms with Gasteiger partial charge in [-0.2, -0.15) is 10.3 Å². The van der Waals surface area contributed by atoms with Crippen LogP contribution in [0.5, 0.6) is 0 Å². The van der Waals surface area contributed by atoms with Gasteiger partial charge in [-0.25, -0.2) is 4.79 Å². The van der Waals surface area contributed by atoms with Crippen molar-refractivity contribution in [1.82, 2.24) is 4.57 Å². The highest BCUT2D eigenvalue weighted by molar-refractivity contribution is 8.38. The second-order valence-corrected chi connectivity index (χ2v) is 5.21. The van der Waals surface area contributed by atoms with E-state index in [-0.39, 0.29) is 0 Å². The molecule has 2 rings (SSSR count). The predicted molar refractivity (Wildman–Crippen MR) is 74.6 cm³/mol. The minimum Gasteiger partial charge on any atom is -0.408 e. The Kier molecular flexibility index (Phi) is 4.12. The van der Waals surface area contributed by atoms with Gasteiger partial charge in [0.2, 0.25) is 6.19 Å². The van der Waals surface area contributed by atoms with Crippen molar-refractivity contribution in [2.45, 2.75) is 5.88 Å². The van der Waals surface area contributed by atoms with Crippen LogP contribution in [0, 0.1) is 11.5 Å². The fourth-order valence-electron chi connectivity index (χ4n) is 1.43. The SMILES string of the molecule is CSC(=NC#N)SCn1c(=O)oc2ccccc21. The van der Waals surface area contributed by atoms with E-state index in [0.29, 0.717) is 15.8 Å². The number of thioether (sulfide) groups is 2. The quantitative estimate of drug-likeness (QED) is 0.480. The van der Waals surface area contributed by atoms with Crippen LogP contribution in [0.1, 0.15) is 0 Å². The molecular formula is C11H9N3O2S2. The zero-order valence-electron chi connectivity index (χ0n) is 9.49. The number of nitrogens with zero attached hydrogens (tertiary/aromatic N) is 3. The second-order valence-electron chi connectivity index (χ2n) is 3.22. The van der Waals surface area contributed by atoms with Crippen molar-refractivity contribution in [3.05, 3.63) is 34.8 Å². The first kappa shape index (κ1) is 12.8. The topological polar surface area (TPSA) is 71.3 Å². The highest BCUT2D eigenvalue weighted by Crippen LogP contribution is 2.19. The molecule has 0 amide bonds. The smallest absolute Gasteiger partial charge is 0.408 e. The monoisotopic (exact) mass is 279 g/mol. The van der Waals surface area contributed by atoms with Gasteiger partial charge in [-0.1, -0.05) is 23.9 Å². The number of nitriles is 1. The van der Waals surface area contributed by atoms with Gasteiger partial charge in [0.15, 0.2) is 5.58 Å². The number of para-hydroxylation sites is 2. The second kappa shape index (κ2) is 5.80. The number of rotatable bonds is 2. The molecular weight excluding hydrogens is 270 g/mol. The van der Waals surface area contributed by atoms with Gasteiger partial charge in [0, 0.05) is 0 Å². The highest BCUT2D eigenvalue weighted by Gasteiger charge is 2.09. The summed E-state index contributed by atoms with van der Waals surface area (Å²) in [7, 11) is 0. The molecule has 0 spiro atoms. The maximum atomic E-state index is 11.7. The van der Waals surface area contributed by atoms with Crippen molar-refractivity contribution >= 4 is 39.0 Å². The summed E-state index contributed by atoms with van der Waals surface area (Å²) >= 11 is 2.70. The predicted octanol–water partition coefficient (Wildman–Crippen LogP) is 2.49. The maximum Gasteiger partial charge on any atom is 0.420 e. The third-order valence-electron chi connectivity index (χ3n) is 2.21. The third-order valence-corrected chi connectivity index (χ3v) is 4.23. The summed E-state index contributed by atoms with van der Waals surface area (Å²) in [5.41, 5.74) is 1.30. The lowest BCUT2D eigenvalue weighted by molar-refractivity contribution is 0.526. The van der Waals surface area contributed by atoms with Crippen LogP contribution in [-0.4, -0.2) is 15.2 Å².